The average Bonchev–Trinajstić information content (AvgIpc) is 3.01. The molecule has 0 atom stereocenters. The molecule has 7 heteroatoms. The fourth-order valence-corrected chi connectivity index (χ4v) is 2.53. The van der Waals surface area contributed by atoms with Gasteiger partial charge < -0.3 is 5.73 Å². The van der Waals surface area contributed by atoms with Gasteiger partial charge in [0.15, 0.2) is 11.6 Å². The number of thiazole rings is 1. The van der Waals surface area contributed by atoms with Crippen LogP contribution in [0.2, 0.25) is 0 Å². The number of nitrogens with zero attached hydrogens (tertiary/aromatic N) is 2. The number of anilines is 1. The minimum atomic E-state index is -0.903. The summed E-state index contributed by atoms with van der Waals surface area (Å²) in [7, 11) is 0. The highest BCUT2D eigenvalue weighted by atomic mass is 32.1. The lowest BCUT2D eigenvalue weighted by Crippen LogP contribution is -1.90. The Labute approximate surface area is 110 Å². The van der Waals surface area contributed by atoms with Crippen molar-refractivity contribution in [2.24, 2.45) is 0 Å². The van der Waals surface area contributed by atoms with Crippen LogP contribution in [0.25, 0.3) is 21.8 Å². The Morgan fingerprint density at radius 2 is 2.05 bits per heavy atom. The van der Waals surface area contributed by atoms with Gasteiger partial charge >= 0.3 is 0 Å². The van der Waals surface area contributed by atoms with E-state index in [1.165, 1.54) is 23.5 Å². The number of H-pyrrole nitrogens is 1. The van der Waals surface area contributed by atoms with Crippen molar-refractivity contribution >= 4 is 17.2 Å². The monoisotopic (exact) mass is 278 g/mol. The molecule has 19 heavy (non-hydrogen) atoms. The van der Waals surface area contributed by atoms with Gasteiger partial charge in [-0.3, -0.25) is 5.10 Å². The van der Waals surface area contributed by atoms with Gasteiger partial charge in [0.1, 0.15) is 10.8 Å². The highest BCUT2D eigenvalue weighted by Gasteiger charge is 2.15. The van der Waals surface area contributed by atoms with Gasteiger partial charge in [-0.05, 0) is 12.1 Å². The molecule has 0 radical (unpaired) electrons. The Bertz CT molecular complexity index is 735. The van der Waals surface area contributed by atoms with Gasteiger partial charge in [-0.15, -0.1) is 11.3 Å². The Balaban J connectivity index is 2.07. The molecule has 0 amide bonds. The third-order valence-electron chi connectivity index (χ3n) is 2.63. The molecule has 2 aromatic heterocycles. The molecule has 0 saturated heterocycles. The molecule has 4 nitrogen and oxygen atoms in total. The van der Waals surface area contributed by atoms with Crippen molar-refractivity contribution < 1.29 is 8.78 Å². The maximum Gasteiger partial charge on any atom is 0.168 e. The molecule has 0 aliphatic carbocycles. The number of benzene rings is 1. The van der Waals surface area contributed by atoms with Crippen LogP contribution in [0.5, 0.6) is 0 Å². The van der Waals surface area contributed by atoms with Gasteiger partial charge in [0.2, 0.25) is 0 Å². The highest BCUT2D eigenvalue weighted by Crippen LogP contribution is 2.32. The fraction of sp³-hybridized carbons (Fsp3) is 0. The topological polar surface area (TPSA) is 67.6 Å². The second-order valence-electron chi connectivity index (χ2n) is 3.84. The van der Waals surface area contributed by atoms with E-state index in [0.717, 1.165) is 6.07 Å². The van der Waals surface area contributed by atoms with Gasteiger partial charge in [-0.25, -0.2) is 13.8 Å². The molecule has 0 bridgehead atoms. The lowest BCUT2D eigenvalue weighted by molar-refractivity contribution is 0.511. The Morgan fingerprint density at radius 1 is 1.21 bits per heavy atom. The number of aromatic nitrogens is 3. The Hall–Kier alpha value is -2.28. The highest BCUT2D eigenvalue weighted by molar-refractivity contribution is 7.13. The van der Waals surface area contributed by atoms with E-state index in [0.29, 0.717) is 22.1 Å². The smallest absolute Gasteiger partial charge is 0.168 e. The van der Waals surface area contributed by atoms with Crippen molar-refractivity contribution in [1.82, 2.24) is 15.2 Å². The second kappa shape index (κ2) is 4.43. The van der Waals surface area contributed by atoms with Crippen LogP contribution in [0.1, 0.15) is 0 Å². The van der Waals surface area contributed by atoms with E-state index in [9.17, 15) is 8.78 Å². The predicted octanol–water partition coefficient (Wildman–Crippen LogP) is 3.06. The number of hydrogen-bond donors (Lipinski definition) is 2. The van der Waals surface area contributed by atoms with Gasteiger partial charge in [0, 0.05) is 10.9 Å². The van der Waals surface area contributed by atoms with Gasteiger partial charge in [0.25, 0.3) is 0 Å². The first-order chi connectivity index (χ1) is 9.16. The molecular formula is C12H8F2N4S. The summed E-state index contributed by atoms with van der Waals surface area (Å²) < 4.78 is 26.8. The maximum atomic E-state index is 13.7. The summed E-state index contributed by atoms with van der Waals surface area (Å²) >= 11 is 1.29. The lowest BCUT2D eigenvalue weighted by atomic mass is 10.1. The third-order valence-corrected chi connectivity index (χ3v) is 3.51. The summed E-state index contributed by atoms with van der Waals surface area (Å²) in [6.07, 6.45) is 1.54. The first-order valence-electron chi connectivity index (χ1n) is 5.36. The lowest BCUT2D eigenvalue weighted by Gasteiger charge is -1.99. The minimum Gasteiger partial charge on any atom is -0.383 e. The van der Waals surface area contributed by atoms with Crippen molar-refractivity contribution in [1.29, 1.82) is 0 Å². The van der Waals surface area contributed by atoms with Crippen LogP contribution in [0.15, 0.2) is 29.8 Å². The summed E-state index contributed by atoms with van der Waals surface area (Å²) in [5.74, 6) is -1.41. The molecule has 0 spiro atoms. The summed E-state index contributed by atoms with van der Waals surface area (Å²) in [6.45, 7) is 0. The van der Waals surface area contributed by atoms with Crippen molar-refractivity contribution in [3.8, 4) is 21.8 Å². The summed E-state index contributed by atoms with van der Waals surface area (Å²) in [5.41, 5.74) is 6.84. The van der Waals surface area contributed by atoms with Crippen molar-refractivity contribution in [3.05, 3.63) is 41.4 Å². The first kappa shape index (κ1) is 11.8. The molecule has 0 aliphatic rings. The molecule has 0 aliphatic heterocycles. The van der Waals surface area contributed by atoms with Crippen LogP contribution in [-0.2, 0) is 0 Å². The van der Waals surface area contributed by atoms with Crippen LogP contribution in [-0.4, -0.2) is 15.2 Å². The molecule has 3 aromatic rings. The molecule has 96 valence electrons. The van der Waals surface area contributed by atoms with Crippen molar-refractivity contribution in [2.45, 2.75) is 0 Å². The Kier molecular flexibility index (Phi) is 2.75. The third kappa shape index (κ3) is 1.97. The molecule has 1 aromatic carbocycles. The molecule has 3 rings (SSSR count). The number of halogens is 2. The number of hydrogen-bond acceptors (Lipinski definition) is 4. The molecule has 3 N–H and O–H groups in total. The van der Waals surface area contributed by atoms with Crippen LogP contribution in [0.3, 0.4) is 0 Å². The molecule has 2 heterocycles. The predicted molar refractivity (Wildman–Crippen MR) is 69.5 cm³/mol. The second-order valence-corrected chi connectivity index (χ2v) is 4.69. The number of nitrogen functional groups attached to an aromatic ring is 1. The van der Waals surface area contributed by atoms with Crippen LogP contribution >= 0.6 is 11.3 Å². The first-order valence-corrected chi connectivity index (χ1v) is 6.24. The van der Waals surface area contributed by atoms with Crippen LogP contribution < -0.4 is 5.73 Å². The van der Waals surface area contributed by atoms with E-state index in [1.807, 2.05) is 0 Å². The van der Waals surface area contributed by atoms with E-state index in [4.69, 9.17) is 5.73 Å². The quantitative estimate of drug-likeness (QED) is 0.757. The van der Waals surface area contributed by atoms with Gasteiger partial charge in [-0.1, -0.05) is 6.07 Å². The van der Waals surface area contributed by atoms with Gasteiger partial charge in [0.05, 0.1) is 17.5 Å². The molecule has 0 unspecified atom stereocenters. The average molecular weight is 278 g/mol. The van der Waals surface area contributed by atoms with Gasteiger partial charge in [-0.2, -0.15) is 5.10 Å². The standard InChI is InChI=1S/C12H8F2N4S/c13-8-3-1-2-6(10(8)14)9-5-19-12(17-9)7-4-16-18-11(7)15/h1-5H,(H3,15,16,18). The van der Waals surface area contributed by atoms with E-state index >= 15 is 0 Å². The van der Waals surface area contributed by atoms with Crippen LogP contribution in [0.4, 0.5) is 14.6 Å². The summed E-state index contributed by atoms with van der Waals surface area (Å²) in [6, 6.07) is 4.00. The number of rotatable bonds is 2. The zero-order chi connectivity index (χ0) is 13.4. The van der Waals surface area contributed by atoms with E-state index in [-0.39, 0.29) is 5.56 Å². The summed E-state index contributed by atoms with van der Waals surface area (Å²) in [5, 5.41) is 8.65. The zero-order valence-electron chi connectivity index (χ0n) is 9.52. The van der Waals surface area contributed by atoms with E-state index in [1.54, 1.807) is 11.6 Å². The molecule has 0 saturated carbocycles. The van der Waals surface area contributed by atoms with Crippen molar-refractivity contribution in [2.75, 3.05) is 5.73 Å². The number of aromatic amines is 1. The maximum absolute atomic E-state index is 13.7. The SMILES string of the molecule is Nc1[nH]ncc1-c1nc(-c2cccc(F)c2F)cs1. The normalized spacial score (nSPS) is 10.8. The Morgan fingerprint density at radius 3 is 2.79 bits per heavy atom. The van der Waals surface area contributed by atoms with E-state index in [2.05, 4.69) is 15.2 Å². The zero-order valence-corrected chi connectivity index (χ0v) is 10.3. The number of nitrogens with two attached hydrogens (primary N) is 1. The molecule has 0 fully saturated rings. The fourth-order valence-electron chi connectivity index (χ4n) is 1.69. The number of nitrogens with one attached hydrogen (secondary N) is 1. The van der Waals surface area contributed by atoms with Crippen LogP contribution in [0, 0.1) is 11.6 Å². The van der Waals surface area contributed by atoms with Crippen molar-refractivity contribution in [3.63, 3.8) is 0 Å². The summed E-state index contributed by atoms with van der Waals surface area (Å²) in [4.78, 5) is 4.26. The van der Waals surface area contributed by atoms with E-state index < -0.39 is 11.6 Å². The molecular weight excluding hydrogens is 270 g/mol. The largest absolute Gasteiger partial charge is 0.383 e. The minimum absolute atomic E-state index is 0.129.